The number of pyridine rings is 1. The fourth-order valence-corrected chi connectivity index (χ4v) is 4.03. The fraction of sp³-hybridized carbons (Fsp3) is 0.455. The van der Waals surface area contributed by atoms with Gasteiger partial charge in [-0.05, 0) is 50.5 Å². The normalized spacial score (nSPS) is 14.6. The van der Waals surface area contributed by atoms with Gasteiger partial charge in [-0.3, -0.25) is 14.6 Å². The first kappa shape index (κ1) is 20.1. The van der Waals surface area contributed by atoms with Gasteiger partial charge < -0.3 is 10.2 Å². The lowest BCUT2D eigenvalue weighted by Gasteiger charge is -2.21. The topological polar surface area (TPSA) is 91.7 Å². The minimum Gasteiger partial charge on any atom is -0.357 e. The van der Waals surface area contributed by atoms with Crippen LogP contribution in [0.15, 0.2) is 24.4 Å². The van der Waals surface area contributed by atoms with Gasteiger partial charge in [0.15, 0.2) is 0 Å². The molecule has 1 aliphatic heterocycles. The van der Waals surface area contributed by atoms with Gasteiger partial charge >= 0.3 is 0 Å². The predicted molar refractivity (Wildman–Crippen MR) is 116 cm³/mol. The second-order valence-corrected chi connectivity index (χ2v) is 7.94. The van der Waals surface area contributed by atoms with Gasteiger partial charge in [0, 0.05) is 44.1 Å². The molecule has 8 heteroatoms. The van der Waals surface area contributed by atoms with Crippen LogP contribution in [0.4, 0.5) is 5.82 Å². The molecule has 4 heterocycles. The van der Waals surface area contributed by atoms with Crippen molar-refractivity contribution in [1.29, 1.82) is 0 Å². The lowest BCUT2D eigenvalue weighted by atomic mass is 10.1. The smallest absolute Gasteiger partial charge is 0.269 e. The number of nitrogens with zero attached hydrogens (tertiary/aromatic N) is 5. The summed E-state index contributed by atoms with van der Waals surface area (Å²) in [6.07, 6.45) is 6.82. The Bertz CT molecular complexity index is 1030. The van der Waals surface area contributed by atoms with Crippen LogP contribution in [0.2, 0.25) is 0 Å². The number of aryl methyl sites for hydroxylation is 2. The van der Waals surface area contributed by atoms with Gasteiger partial charge in [-0.1, -0.05) is 12.8 Å². The van der Waals surface area contributed by atoms with Crippen LogP contribution in [0.1, 0.15) is 53.1 Å². The van der Waals surface area contributed by atoms with E-state index < -0.39 is 0 Å². The number of carbonyl (C=O) groups is 1. The Kier molecular flexibility index (Phi) is 5.83. The highest BCUT2D eigenvalue weighted by molar-refractivity contribution is 5.93. The number of nitrogens with one attached hydrogen (secondary N) is 2. The molecule has 0 radical (unpaired) electrons. The Balaban J connectivity index is 1.42. The summed E-state index contributed by atoms with van der Waals surface area (Å²) in [7, 11) is 1.90. The van der Waals surface area contributed by atoms with Crippen LogP contribution in [-0.4, -0.2) is 44.0 Å². The van der Waals surface area contributed by atoms with E-state index in [0.717, 1.165) is 47.1 Å². The van der Waals surface area contributed by atoms with E-state index in [9.17, 15) is 4.79 Å². The van der Waals surface area contributed by atoms with Crippen LogP contribution in [-0.2, 0) is 13.6 Å². The molecule has 1 aliphatic rings. The number of anilines is 1. The van der Waals surface area contributed by atoms with E-state index in [2.05, 4.69) is 36.6 Å². The highest BCUT2D eigenvalue weighted by Gasteiger charge is 2.17. The van der Waals surface area contributed by atoms with Crippen molar-refractivity contribution in [2.75, 3.05) is 18.0 Å². The minimum absolute atomic E-state index is 0.180. The number of carbonyl (C=O) groups excluding carboxylic acids is 1. The minimum atomic E-state index is -0.180. The Labute approximate surface area is 176 Å². The summed E-state index contributed by atoms with van der Waals surface area (Å²) < 4.78 is 1.82. The van der Waals surface area contributed by atoms with Crippen LogP contribution < -0.4 is 10.2 Å². The molecule has 0 spiro atoms. The molecule has 8 nitrogen and oxygen atoms in total. The Morgan fingerprint density at radius 1 is 1.17 bits per heavy atom. The maximum absolute atomic E-state index is 12.6. The summed E-state index contributed by atoms with van der Waals surface area (Å²) >= 11 is 0. The van der Waals surface area contributed by atoms with Gasteiger partial charge in [0.25, 0.3) is 5.91 Å². The summed E-state index contributed by atoms with van der Waals surface area (Å²) in [4.78, 5) is 19.5. The van der Waals surface area contributed by atoms with Crippen molar-refractivity contribution < 1.29 is 4.79 Å². The van der Waals surface area contributed by atoms with Crippen molar-refractivity contribution in [2.24, 2.45) is 7.05 Å². The SMILES string of the molecule is Cc1nn(C)c(C)c1-c1cc(C(=O)NCc2ccnc(N3CCCCCC3)c2)[nH]n1. The molecule has 158 valence electrons. The zero-order valence-corrected chi connectivity index (χ0v) is 17.9. The van der Waals surface area contributed by atoms with Crippen molar-refractivity contribution in [3.05, 3.63) is 47.0 Å². The van der Waals surface area contributed by atoms with E-state index in [1.165, 1.54) is 25.7 Å². The Hall–Kier alpha value is -3.16. The molecule has 0 unspecified atom stereocenters. The molecule has 0 atom stereocenters. The third-order valence-corrected chi connectivity index (χ3v) is 5.78. The Morgan fingerprint density at radius 3 is 2.63 bits per heavy atom. The second kappa shape index (κ2) is 8.69. The van der Waals surface area contributed by atoms with Crippen molar-refractivity contribution in [3.63, 3.8) is 0 Å². The lowest BCUT2D eigenvalue weighted by molar-refractivity contribution is 0.0946. The van der Waals surface area contributed by atoms with Crippen molar-refractivity contribution in [2.45, 2.75) is 46.1 Å². The fourth-order valence-electron chi connectivity index (χ4n) is 4.03. The molecular weight excluding hydrogens is 378 g/mol. The number of aromatic amines is 1. The summed E-state index contributed by atoms with van der Waals surface area (Å²) in [5.41, 5.74) is 5.08. The number of H-pyrrole nitrogens is 1. The average molecular weight is 408 g/mol. The molecule has 1 fully saturated rings. The van der Waals surface area contributed by atoms with Crippen LogP contribution in [0.25, 0.3) is 11.3 Å². The number of hydrogen-bond acceptors (Lipinski definition) is 5. The van der Waals surface area contributed by atoms with Crippen LogP contribution in [0.5, 0.6) is 0 Å². The monoisotopic (exact) mass is 407 g/mol. The third kappa shape index (κ3) is 4.22. The lowest BCUT2D eigenvalue weighted by Crippen LogP contribution is -2.26. The molecule has 4 rings (SSSR count). The maximum Gasteiger partial charge on any atom is 0.269 e. The molecule has 0 bridgehead atoms. The number of amides is 1. The zero-order valence-electron chi connectivity index (χ0n) is 17.9. The zero-order chi connectivity index (χ0) is 21.1. The summed E-state index contributed by atoms with van der Waals surface area (Å²) in [6, 6.07) is 5.80. The molecule has 0 aliphatic carbocycles. The molecule has 1 saturated heterocycles. The molecule has 30 heavy (non-hydrogen) atoms. The second-order valence-electron chi connectivity index (χ2n) is 7.94. The maximum atomic E-state index is 12.6. The van der Waals surface area contributed by atoms with Gasteiger partial charge in [0.1, 0.15) is 11.5 Å². The van der Waals surface area contributed by atoms with E-state index in [0.29, 0.717) is 12.2 Å². The van der Waals surface area contributed by atoms with Gasteiger partial charge in [-0.25, -0.2) is 4.98 Å². The van der Waals surface area contributed by atoms with Gasteiger partial charge in [0.2, 0.25) is 0 Å². The van der Waals surface area contributed by atoms with E-state index in [1.807, 2.05) is 37.8 Å². The highest BCUT2D eigenvalue weighted by Crippen LogP contribution is 2.25. The molecule has 0 aromatic carbocycles. The molecule has 0 saturated carbocycles. The van der Waals surface area contributed by atoms with Gasteiger partial charge in [-0.15, -0.1) is 0 Å². The van der Waals surface area contributed by atoms with Crippen LogP contribution in [0, 0.1) is 13.8 Å². The van der Waals surface area contributed by atoms with Crippen molar-refractivity contribution in [3.8, 4) is 11.3 Å². The Morgan fingerprint density at radius 2 is 1.93 bits per heavy atom. The molecule has 1 amide bonds. The summed E-state index contributed by atoms with van der Waals surface area (Å²) in [5, 5.41) is 14.6. The van der Waals surface area contributed by atoms with Crippen LogP contribution >= 0.6 is 0 Å². The van der Waals surface area contributed by atoms with Gasteiger partial charge in [0.05, 0.1) is 11.4 Å². The quantitative estimate of drug-likeness (QED) is 0.678. The first-order valence-corrected chi connectivity index (χ1v) is 10.6. The molecule has 3 aromatic heterocycles. The van der Waals surface area contributed by atoms with Crippen molar-refractivity contribution >= 4 is 11.7 Å². The molecule has 2 N–H and O–H groups in total. The summed E-state index contributed by atoms with van der Waals surface area (Å²) in [6.45, 7) is 6.48. The predicted octanol–water partition coefficient (Wildman–Crippen LogP) is 3.13. The number of hydrogen-bond donors (Lipinski definition) is 2. The first-order valence-electron chi connectivity index (χ1n) is 10.6. The molecular formula is C22H29N7O. The highest BCUT2D eigenvalue weighted by atomic mass is 16.1. The van der Waals surface area contributed by atoms with Crippen LogP contribution in [0.3, 0.4) is 0 Å². The number of rotatable bonds is 5. The van der Waals surface area contributed by atoms with E-state index >= 15 is 0 Å². The van der Waals surface area contributed by atoms with E-state index in [1.54, 1.807) is 6.07 Å². The van der Waals surface area contributed by atoms with Gasteiger partial charge in [-0.2, -0.15) is 10.2 Å². The number of aromatic nitrogens is 5. The summed E-state index contributed by atoms with van der Waals surface area (Å²) in [5.74, 6) is 0.816. The third-order valence-electron chi connectivity index (χ3n) is 5.78. The first-order chi connectivity index (χ1) is 14.5. The standard InChI is InChI=1S/C22H29N7O/c1-15-21(16(2)28(3)27-15)18-13-19(26-25-18)22(30)24-14-17-8-9-23-20(12-17)29-10-6-4-5-7-11-29/h8-9,12-13H,4-7,10-11,14H2,1-3H3,(H,24,30)(H,25,26). The average Bonchev–Trinajstić information content (AvgIpc) is 3.19. The van der Waals surface area contributed by atoms with E-state index in [-0.39, 0.29) is 5.91 Å². The van der Waals surface area contributed by atoms with E-state index in [4.69, 9.17) is 0 Å². The molecule has 3 aromatic rings. The van der Waals surface area contributed by atoms with Crippen molar-refractivity contribution in [1.82, 2.24) is 30.3 Å². The largest absolute Gasteiger partial charge is 0.357 e.